The summed E-state index contributed by atoms with van der Waals surface area (Å²) in [5.41, 5.74) is 0.0796. The van der Waals surface area contributed by atoms with Crippen molar-refractivity contribution in [3.8, 4) is 17.6 Å². The molecular formula is C9H6ClNO3. The van der Waals surface area contributed by atoms with Crippen LogP contribution < -0.4 is 0 Å². The van der Waals surface area contributed by atoms with Crippen molar-refractivity contribution in [3.05, 3.63) is 23.3 Å². The van der Waals surface area contributed by atoms with Crippen LogP contribution in [-0.4, -0.2) is 15.5 Å². The van der Waals surface area contributed by atoms with Crippen LogP contribution in [0.3, 0.4) is 0 Å². The first kappa shape index (κ1) is 10.4. The summed E-state index contributed by atoms with van der Waals surface area (Å²) in [6.45, 7) is 0. The average Bonchev–Trinajstić information content (AvgIpc) is 2.13. The second-order valence-electron chi connectivity index (χ2n) is 2.57. The number of carbonyl (C=O) groups is 1. The van der Waals surface area contributed by atoms with Crippen LogP contribution in [0.2, 0.25) is 0 Å². The molecule has 0 heterocycles. The minimum Gasteiger partial charge on any atom is -0.504 e. The minimum atomic E-state index is -0.773. The molecule has 0 bridgehead atoms. The molecule has 2 N–H and O–H groups in total. The summed E-state index contributed by atoms with van der Waals surface area (Å²) in [6, 6.07) is 4.17. The lowest BCUT2D eigenvalue weighted by atomic mass is 10.0. The van der Waals surface area contributed by atoms with Gasteiger partial charge in [0.15, 0.2) is 11.5 Å². The highest BCUT2D eigenvalue weighted by atomic mass is 35.5. The van der Waals surface area contributed by atoms with Gasteiger partial charge in [-0.1, -0.05) is 0 Å². The van der Waals surface area contributed by atoms with Gasteiger partial charge < -0.3 is 10.2 Å². The number of benzene rings is 1. The second-order valence-corrected chi connectivity index (χ2v) is 2.91. The first-order valence-corrected chi connectivity index (χ1v) is 4.06. The summed E-state index contributed by atoms with van der Waals surface area (Å²) in [5.74, 6) is -0.852. The Morgan fingerprint density at radius 1 is 1.50 bits per heavy atom. The molecule has 0 radical (unpaired) electrons. The number of rotatable bonds is 2. The number of aromatic hydroxyl groups is 2. The highest BCUT2D eigenvalue weighted by Crippen LogP contribution is 2.32. The van der Waals surface area contributed by atoms with E-state index >= 15 is 0 Å². The summed E-state index contributed by atoms with van der Waals surface area (Å²) in [5, 5.41) is 26.1. The largest absolute Gasteiger partial charge is 0.504 e. The van der Waals surface area contributed by atoms with E-state index in [4.69, 9.17) is 22.0 Å². The topological polar surface area (TPSA) is 81.3 Å². The summed E-state index contributed by atoms with van der Waals surface area (Å²) in [6.07, 6.45) is -0.186. The van der Waals surface area contributed by atoms with Gasteiger partial charge in [-0.15, -0.1) is 0 Å². The van der Waals surface area contributed by atoms with E-state index in [0.717, 1.165) is 6.07 Å². The first-order valence-electron chi connectivity index (χ1n) is 3.68. The van der Waals surface area contributed by atoms with Crippen molar-refractivity contribution in [1.29, 1.82) is 5.26 Å². The normalized spacial score (nSPS) is 9.43. The quantitative estimate of drug-likeness (QED) is 0.574. The van der Waals surface area contributed by atoms with E-state index in [9.17, 15) is 9.90 Å². The lowest BCUT2D eigenvalue weighted by Gasteiger charge is -2.06. The van der Waals surface area contributed by atoms with Crippen molar-refractivity contribution in [2.24, 2.45) is 0 Å². The van der Waals surface area contributed by atoms with Crippen molar-refractivity contribution in [1.82, 2.24) is 0 Å². The Morgan fingerprint density at radius 2 is 2.14 bits per heavy atom. The maximum absolute atomic E-state index is 10.9. The Kier molecular flexibility index (Phi) is 2.95. The molecule has 1 aromatic rings. The maximum Gasteiger partial charge on any atom is 0.252 e. The van der Waals surface area contributed by atoms with E-state index in [1.54, 1.807) is 6.07 Å². The molecule has 1 rings (SSSR count). The minimum absolute atomic E-state index is 0.0310. The average molecular weight is 212 g/mol. The first-order chi connectivity index (χ1) is 6.57. The zero-order valence-electron chi connectivity index (χ0n) is 6.99. The van der Waals surface area contributed by atoms with Gasteiger partial charge in [-0.05, 0) is 23.7 Å². The molecule has 0 aliphatic heterocycles. The fourth-order valence-corrected chi connectivity index (χ4v) is 1.24. The number of halogens is 1. The molecule has 72 valence electrons. The van der Waals surface area contributed by atoms with E-state index < -0.39 is 11.0 Å². The van der Waals surface area contributed by atoms with Crippen LogP contribution in [0.25, 0.3) is 0 Å². The van der Waals surface area contributed by atoms with Gasteiger partial charge in [0.25, 0.3) is 5.24 Å². The number of nitriles is 1. The zero-order chi connectivity index (χ0) is 10.7. The Bertz CT molecular complexity index is 423. The van der Waals surface area contributed by atoms with Crippen LogP contribution >= 0.6 is 11.6 Å². The van der Waals surface area contributed by atoms with Crippen LogP contribution in [0, 0.1) is 11.3 Å². The molecular weight excluding hydrogens is 206 g/mol. The van der Waals surface area contributed by atoms with E-state index in [2.05, 4.69) is 0 Å². The van der Waals surface area contributed by atoms with Gasteiger partial charge in [-0.3, -0.25) is 4.79 Å². The van der Waals surface area contributed by atoms with Crippen LogP contribution in [0.5, 0.6) is 11.5 Å². The van der Waals surface area contributed by atoms with Gasteiger partial charge >= 0.3 is 0 Å². The molecule has 0 saturated heterocycles. The molecule has 0 fully saturated rings. The third kappa shape index (κ3) is 1.78. The van der Waals surface area contributed by atoms with Crippen molar-refractivity contribution in [2.45, 2.75) is 6.42 Å². The third-order valence-electron chi connectivity index (χ3n) is 1.73. The van der Waals surface area contributed by atoms with Crippen molar-refractivity contribution in [3.63, 3.8) is 0 Å². The molecule has 14 heavy (non-hydrogen) atoms. The Balaban J connectivity index is 3.39. The van der Waals surface area contributed by atoms with E-state index in [-0.39, 0.29) is 23.3 Å². The Labute approximate surface area is 85.0 Å². The van der Waals surface area contributed by atoms with Gasteiger partial charge in [0.1, 0.15) is 0 Å². The molecule has 0 spiro atoms. The molecule has 0 aliphatic rings. The molecule has 0 aromatic heterocycles. The number of hydrogen-bond donors (Lipinski definition) is 2. The molecule has 4 nitrogen and oxygen atoms in total. The highest BCUT2D eigenvalue weighted by Gasteiger charge is 2.15. The summed E-state index contributed by atoms with van der Waals surface area (Å²) in [7, 11) is 0. The molecule has 0 unspecified atom stereocenters. The number of phenolic OH excluding ortho intramolecular Hbond substituents is 2. The molecule has 0 saturated carbocycles. The van der Waals surface area contributed by atoms with Gasteiger partial charge in [0, 0.05) is 11.1 Å². The molecule has 0 aliphatic carbocycles. The zero-order valence-corrected chi connectivity index (χ0v) is 7.75. The van der Waals surface area contributed by atoms with Gasteiger partial charge in [0.05, 0.1) is 12.5 Å². The Morgan fingerprint density at radius 3 is 2.64 bits per heavy atom. The lowest BCUT2D eigenvalue weighted by molar-refractivity contribution is 0.108. The SMILES string of the molecule is N#CCc1c(C(=O)Cl)ccc(O)c1O. The molecule has 0 atom stereocenters. The van der Waals surface area contributed by atoms with Crippen LogP contribution in [0.4, 0.5) is 0 Å². The van der Waals surface area contributed by atoms with E-state index in [1.807, 2.05) is 0 Å². The van der Waals surface area contributed by atoms with Crippen molar-refractivity contribution >= 4 is 16.8 Å². The second kappa shape index (κ2) is 3.99. The van der Waals surface area contributed by atoms with Crippen LogP contribution in [-0.2, 0) is 6.42 Å². The predicted molar refractivity (Wildman–Crippen MR) is 49.3 cm³/mol. The summed E-state index contributed by atoms with van der Waals surface area (Å²) >= 11 is 5.23. The third-order valence-corrected chi connectivity index (χ3v) is 1.93. The number of phenols is 2. The van der Waals surface area contributed by atoms with Crippen molar-refractivity contribution in [2.75, 3.05) is 0 Å². The van der Waals surface area contributed by atoms with Gasteiger partial charge in [0.2, 0.25) is 0 Å². The fourth-order valence-electron chi connectivity index (χ4n) is 1.07. The fraction of sp³-hybridized carbons (Fsp3) is 0.111. The summed E-state index contributed by atoms with van der Waals surface area (Å²) < 4.78 is 0. The van der Waals surface area contributed by atoms with Gasteiger partial charge in [-0.2, -0.15) is 5.26 Å². The van der Waals surface area contributed by atoms with Crippen LogP contribution in [0.1, 0.15) is 15.9 Å². The predicted octanol–water partition coefficient (Wildman–Crippen LogP) is 1.54. The van der Waals surface area contributed by atoms with E-state index in [1.165, 1.54) is 6.07 Å². The van der Waals surface area contributed by atoms with Crippen molar-refractivity contribution < 1.29 is 15.0 Å². The monoisotopic (exact) mass is 211 g/mol. The molecule has 0 amide bonds. The smallest absolute Gasteiger partial charge is 0.252 e. The standard InChI is InChI=1S/C9H6ClNO3/c10-9(14)6-1-2-7(12)8(13)5(6)3-4-11/h1-2,12-13H,3H2. The summed E-state index contributed by atoms with van der Waals surface area (Å²) in [4.78, 5) is 10.9. The van der Waals surface area contributed by atoms with Gasteiger partial charge in [-0.25, -0.2) is 0 Å². The van der Waals surface area contributed by atoms with E-state index in [0.29, 0.717) is 0 Å². The Hall–Kier alpha value is -1.73. The molecule has 5 heteroatoms. The van der Waals surface area contributed by atoms with Crippen LogP contribution in [0.15, 0.2) is 12.1 Å². The maximum atomic E-state index is 10.9. The molecule has 1 aromatic carbocycles. The highest BCUT2D eigenvalue weighted by molar-refractivity contribution is 6.68. The number of nitrogens with zero attached hydrogens (tertiary/aromatic N) is 1. The number of carbonyl (C=O) groups excluding carboxylic acids is 1. The lowest BCUT2D eigenvalue weighted by Crippen LogP contribution is -1.97. The number of hydrogen-bond acceptors (Lipinski definition) is 4.